The van der Waals surface area contributed by atoms with Crippen LogP contribution in [0.5, 0.6) is 5.75 Å². The highest BCUT2D eigenvalue weighted by atomic mass is 16.5. The molecule has 0 fully saturated rings. The number of rotatable bonds is 1. The number of anilines is 2. The molecule has 0 spiro atoms. The van der Waals surface area contributed by atoms with Crippen LogP contribution in [0.4, 0.5) is 11.4 Å². The van der Waals surface area contributed by atoms with Crippen molar-refractivity contribution in [3.05, 3.63) is 54.1 Å². The third-order valence-electron chi connectivity index (χ3n) is 4.91. The first kappa shape index (κ1) is 15.1. The van der Waals surface area contributed by atoms with E-state index in [0.29, 0.717) is 12.6 Å². The summed E-state index contributed by atoms with van der Waals surface area (Å²) in [4.78, 5) is 15.3. The second kappa shape index (κ2) is 6.19. The van der Waals surface area contributed by atoms with Gasteiger partial charge in [-0.1, -0.05) is 30.3 Å². The molecule has 124 valence electrons. The molecule has 2 aliphatic rings. The third-order valence-corrected chi connectivity index (χ3v) is 4.91. The number of nitrogens with zero attached hydrogens (tertiary/aromatic N) is 1. The smallest absolute Gasteiger partial charge is 0.234 e. The molecule has 0 bridgehead atoms. The summed E-state index contributed by atoms with van der Waals surface area (Å²) in [5, 5.41) is 3.51. The van der Waals surface area contributed by atoms with Crippen LogP contribution in [-0.2, 0) is 4.79 Å². The molecule has 0 radical (unpaired) electrons. The molecular formula is C20H22N2O2. The molecule has 4 heteroatoms. The molecule has 0 aromatic heterocycles. The number of ether oxygens (including phenoxy) is 1. The summed E-state index contributed by atoms with van der Waals surface area (Å²) in [6, 6.07) is 16.3. The molecule has 0 saturated carbocycles. The summed E-state index contributed by atoms with van der Waals surface area (Å²) in [7, 11) is 0. The fourth-order valence-corrected chi connectivity index (χ4v) is 3.63. The number of hydrogen-bond acceptors (Lipinski definition) is 3. The van der Waals surface area contributed by atoms with E-state index in [9.17, 15) is 4.79 Å². The first-order chi connectivity index (χ1) is 11.7. The van der Waals surface area contributed by atoms with Crippen molar-refractivity contribution in [3.63, 3.8) is 0 Å². The summed E-state index contributed by atoms with van der Waals surface area (Å²) in [6.45, 7) is 3.50. The first-order valence-electron chi connectivity index (χ1n) is 8.62. The maximum atomic E-state index is 13.4. The standard InChI is InChI=1S/C20H22N2O2/c1-14-10-12-22(18-8-4-3-7-17(18)21-14)20(23)16-11-13-24-19-9-5-2-6-15(16)19/h2-9,14,16,21H,10-13H2,1H3/t14-,16-/m0/s1. The Kier molecular flexibility index (Phi) is 3.89. The lowest BCUT2D eigenvalue weighted by molar-refractivity contribution is -0.120. The molecule has 2 aliphatic heterocycles. The lowest BCUT2D eigenvalue weighted by Gasteiger charge is -2.30. The lowest BCUT2D eigenvalue weighted by Crippen LogP contribution is -2.37. The first-order valence-corrected chi connectivity index (χ1v) is 8.62. The zero-order valence-corrected chi connectivity index (χ0v) is 13.9. The van der Waals surface area contributed by atoms with Gasteiger partial charge in [-0.15, -0.1) is 0 Å². The molecule has 24 heavy (non-hydrogen) atoms. The van der Waals surface area contributed by atoms with Gasteiger partial charge < -0.3 is 15.0 Å². The minimum Gasteiger partial charge on any atom is -0.493 e. The number of benzene rings is 2. The minimum atomic E-state index is -0.128. The van der Waals surface area contributed by atoms with Crippen LogP contribution in [0.15, 0.2) is 48.5 Å². The van der Waals surface area contributed by atoms with Crippen molar-refractivity contribution in [3.8, 4) is 5.75 Å². The fourth-order valence-electron chi connectivity index (χ4n) is 3.63. The van der Waals surface area contributed by atoms with Crippen LogP contribution in [0.25, 0.3) is 0 Å². The van der Waals surface area contributed by atoms with E-state index in [1.807, 2.05) is 47.4 Å². The largest absolute Gasteiger partial charge is 0.493 e. The van der Waals surface area contributed by atoms with E-state index in [-0.39, 0.29) is 11.8 Å². The van der Waals surface area contributed by atoms with E-state index >= 15 is 0 Å². The Bertz CT molecular complexity index is 759. The van der Waals surface area contributed by atoms with Gasteiger partial charge in [0.25, 0.3) is 0 Å². The molecule has 1 amide bonds. The van der Waals surface area contributed by atoms with E-state index in [1.54, 1.807) is 0 Å². The second-order valence-corrected chi connectivity index (χ2v) is 6.57. The van der Waals surface area contributed by atoms with Gasteiger partial charge in [0.15, 0.2) is 0 Å². The van der Waals surface area contributed by atoms with Crippen molar-refractivity contribution < 1.29 is 9.53 Å². The molecular weight excluding hydrogens is 300 g/mol. The maximum absolute atomic E-state index is 13.4. The predicted octanol–water partition coefficient (Wildman–Crippen LogP) is 3.79. The number of nitrogens with one attached hydrogen (secondary N) is 1. The van der Waals surface area contributed by atoms with Gasteiger partial charge in [0.05, 0.1) is 23.9 Å². The van der Waals surface area contributed by atoms with Crippen LogP contribution in [0.3, 0.4) is 0 Å². The van der Waals surface area contributed by atoms with Crippen LogP contribution < -0.4 is 15.0 Å². The van der Waals surface area contributed by atoms with Crippen LogP contribution >= 0.6 is 0 Å². The molecule has 2 atom stereocenters. The number of hydrogen-bond donors (Lipinski definition) is 1. The average molecular weight is 322 g/mol. The predicted molar refractivity (Wildman–Crippen MR) is 95.8 cm³/mol. The van der Waals surface area contributed by atoms with Crippen molar-refractivity contribution in [1.82, 2.24) is 0 Å². The lowest BCUT2D eigenvalue weighted by atomic mass is 9.91. The maximum Gasteiger partial charge on any atom is 0.234 e. The van der Waals surface area contributed by atoms with Crippen molar-refractivity contribution >= 4 is 17.3 Å². The Hall–Kier alpha value is -2.49. The Morgan fingerprint density at radius 3 is 2.83 bits per heavy atom. The zero-order chi connectivity index (χ0) is 16.5. The van der Waals surface area contributed by atoms with Gasteiger partial charge in [0.1, 0.15) is 5.75 Å². The molecule has 2 aromatic carbocycles. The normalized spacial score (nSPS) is 22.5. The molecule has 2 aromatic rings. The Morgan fingerprint density at radius 2 is 1.92 bits per heavy atom. The zero-order valence-electron chi connectivity index (χ0n) is 13.9. The number of para-hydroxylation sites is 3. The van der Waals surface area contributed by atoms with Crippen LogP contribution in [-0.4, -0.2) is 25.1 Å². The molecule has 2 heterocycles. The summed E-state index contributed by atoms with van der Waals surface area (Å²) in [5.41, 5.74) is 3.03. The molecule has 4 nitrogen and oxygen atoms in total. The van der Waals surface area contributed by atoms with Crippen LogP contribution in [0.1, 0.15) is 31.2 Å². The van der Waals surface area contributed by atoms with Crippen molar-refractivity contribution in [2.75, 3.05) is 23.4 Å². The highest BCUT2D eigenvalue weighted by Gasteiger charge is 2.33. The molecule has 0 unspecified atom stereocenters. The van der Waals surface area contributed by atoms with E-state index < -0.39 is 0 Å². The second-order valence-electron chi connectivity index (χ2n) is 6.57. The van der Waals surface area contributed by atoms with E-state index in [0.717, 1.165) is 42.1 Å². The minimum absolute atomic E-state index is 0.128. The summed E-state index contributed by atoms with van der Waals surface area (Å²) >= 11 is 0. The summed E-state index contributed by atoms with van der Waals surface area (Å²) in [6.07, 6.45) is 1.67. The molecule has 0 aliphatic carbocycles. The highest BCUT2D eigenvalue weighted by Crippen LogP contribution is 2.38. The Balaban J connectivity index is 1.70. The Labute approximate surface area is 142 Å². The van der Waals surface area contributed by atoms with Gasteiger partial charge in [-0.05, 0) is 38.0 Å². The van der Waals surface area contributed by atoms with Crippen LogP contribution in [0.2, 0.25) is 0 Å². The van der Waals surface area contributed by atoms with Crippen molar-refractivity contribution in [2.24, 2.45) is 0 Å². The SMILES string of the molecule is C[C@H]1CCN(C(=O)[C@H]2CCOc3ccccc32)c2ccccc2N1. The molecule has 0 saturated heterocycles. The van der Waals surface area contributed by atoms with E-state index in [4.69, 9.17) is 4.74 Å². The van der Waals surface area contributed by atoms with Crippen molar-refractivity contribution in [1.29, 1.82) is 0 Å². The number of fused-ring (bicyclic) bond motifs is 2. The van der Waals surface area contributed by atoms with Crippen LogP contribution in [0, 0.1) is 0 Å². The van der Waals surface area contributed by atoms with E-state index in [1.165, 1.54) is 0 Å². The number of carbonyl (C=O) groups excluding carboxylic acids is 1. The average Bonchev–Trinajstić information content (AvgIpc) is 2.79. The third kappa shape index (κ3) is 2.62. The van der Waals surface area contributed by atoms with Crippen molar-refractivity contribution in [2.45, 2.75) is 31.7 Å². The Morgan fingerprint density at radius 1 is 1.12 bits per heavy atom. The van der Waals surface area contributed by atoms with Gasteiger partial charge in [-0.25, -0.2) is 0 Å². The summed E-state index contributed by atoms with van der Waals surface area (Å²) in [5.74, 6) is 0.891. The summed E-state index contributed by atoms with van der Waals surface area (Å²) < 4.78 is 5.72. The molecule has 4 rings (SSSR count). The number of carbonyl (C=O) groups is 1. The van der Waals surface area contributed by atoms with Gasteiger partial charge >= 0.3 is 0 Å². The molecule has 1 N–H and O–H groups in total. The fraction of sp³-hybridized carbons (Fsp3) is 0.350. The highest BCUT2D eigenvalue weighted by molar-refractivity contribution is 6.01. The van der Waals surface area contributed by atoms with Gasteiger partial charge in [-0.2, -0.15) is 0 Å². The van der Waals surface area contributed by atoms with Gasteiger partial charge in [0, 0.05) is 18.2 Å². The number of amides is 1. The topological polar surface area (TPSA) is 41.6 Å². The van der Waals surface area contributed by atoms with E-state index in [2.05, 4.69) is 18.3 Å². The monoisotopic (exact) mass is 322 g/mol. The quantitative estimate of drug-likeness (QED) is 0.868. The van der Waals surface area contributed by atoms with Gasteiger partial charge in [0.2, 0.25) is 5.91 Å². The van der Waals surface area contributed by atoms with Gasteiger partial charge in [-0.3, -0.25) is 4.79 Å².